The highest BCUT2D eigenvalue weighted by atomic mass is 14.8. The molecule has 0 radical (unpaired) electrons. The Balaban J connectivity index is 1.70. The number of H-pyrrole nitrogens is 2. The predicted molar refractivity (Wildman–Crippen MR) is 275 cm³/mol. The van der Waals surface area contributed by atoms with Crippen molar-refractivity contribution in [1.29, 1.82) is 0 Å². The summed E-state index contributed by atoms with van der Waals surface area (Å²) < 4.78 is 0. The van der Waals surface area contributed by atoms with Gasteiger partial charge in [0.05, 0.1) is 44.8 Å². The zero-order valence-electron chi connectivity index (χ0n) is 39.1. The summed E-state index contributed by atoms with van der Waals surface area (Å²) in [7, 11) is 0. The molecule has 9 rings (SSSR count). The van der Waals surface area contributed by atoms with Gasteiger partial charge in [-0.3, -0.25) is 0 Å². The Kier molecular flexibility index (Phi) is 12.2. The summed E-state index contributed by atoms with van der Waals surface area (Å²) in [6.07, 6.45) is 6.96. The largest absolute Gasteiger partial charge is 0.354 e. The molecular formula is C60H62N4. The highest BCUT2D eigenvalue weighted by Crippen LogP contribution is 2.50. The van der Waals surface area contributed by atoms with Gasteiger partial charge in [0.15, 0.2) is 0 Å². The van der Waals surface area contributed by atoms with Crippen molar-refractivity contribution in [2.45, 2.75) is 107 Å². The fourth-order valence-electron chi connectivity index (χ4n) is 11.0. The molecule has 4 aromatic carbocycles. The van der Waals surface area contributed by atoms with Crippen LogP contribution in [0.3, 0.4) is 0 Å². The van der Waals surface area contributed by atoms with Gasteiger partial charge in [-0.15, -0.1) is 0 Å². The highest BCUT2D eigenvalue weighted by molar-refractivity contribution is 6.09. The molecule has 7 aromatic rings. The summed E-state index contributed by atoms with van der Waals surface area (Å²) in [6, 6.07) is 44.1. The van der Waals surface area contributed by atoms with Crippen LogP contribution in [0, 0.1) is 0 Å². The molecule has 64 heavy (non-hydrogen) atoms. The van der Waals surface area contributed by atoms with Gasteiger partial charge in [-0.1, -0.05) is 177 Å². The van der Waals surface area contributed by atoms with Crippen molar-refractivity contribution in [3.63, 3.8) is 0 Å². The van der Waals surface area contributed by atoms with Gasteiger partial charge in [0.25, 0.3) is 0 Å². The second-order valence-corrected chi connectivity index (χ2v) is 17.0. The molecule has 0 spiro atoms. The van der Waals surface area contributed by atoms with Crippen molar-refractivity contribution in [1.82, 2.24) is 19.9 Å². The third-order valence-electron chi connectivity index (χ3n) is 13.8. The number of aryl methyl sites for hydroxylation is 4. The van der Waals surface area contributed by atoms with Crippen LogP contribution in [0.1, 0.15) is 126 Å². The third-order valence-corrected chi connectivity index (χ3v) is 13.8. The first kappa shape index (κ1) is 42.8. The molecule has 4 heteroatoms. The Morgan fingerprint density at radius 1 is 0.281 bits per heavy atom. The quantitative estimate of drug-likeness (QED) is 0.129. The predicted octanol–water partition coefficient (Wildman–Crippen LogP) is 16.7. The van der Waals surface area contributed by atoms with Crippen LogP contribution < -0.4 is 0 Å². The lowest BCUT2D eigenvalue weighted by atomic mass is 9.89. The van der Waals surface area contributed by atoms with E-state index in [2.05, 4.69) is 187 Å². The van der Waals surface area contributed by atoms with Gasteiger partial charge >= 0.3 is 0 Å². The number of aromatic nitrogens is 4. The summed E-state index contributed by atoms with van der Waals surface area (Å²) >= 11 is 0. The molecule has 8 bridgehead atoms. The number of nitrogens with one attached hydrogen (secondary N) is 2. The van der Waals surface area contributed by atoms with Crippen LogP contribution in [0.25, 0.3) is 88.9 Å². The molecule has 2 aliphatic rings. The minimum Gasteiger partial charge on any atom is -0.354 e. The highest BCUT2D eigenvalue weighted by Gasteiger charge is 2.32. The zero-order valence-corrected chi connectivity index (χ0v) is 39.1. The normalized spacial score (nSPS) is 12.8. The first-order chi connectivity index (χ1) is 31.5. The smallest absolute Gasteiger partial charge is 0.0772 e. The number of fused-ring (bicyclic) bond motifs is 8. The summed E-state index contributed by atoms with van der Waals surface area (Å²) in [5.41, 5.74) is 28.9. The lowest BCUT2D eigenvalue weighted by Crippen LogP contribution is -1.95. The van der Waals surface area contributed by atoms with Gasteiger partial charge in [0.1, 0.15) is 0 Å². The van der Waals surface area contributed by atoms with Crippen LogP contribution in [0.2, 0.25) is 0 Å². The van der Waals surface area contributed by atoms with Gasteiger partial charge < -0.3 is 9.97 Å². The third kappa shape index (κ3) is 6.99. The number of allylic oxidation sites excluding steroid dienone is 4. The molecule has 0 saturated carbocycles. The first-order valence-electron chi connectivity index (χ1n) is 24.0. The SMILES string of the molecule is CCC1=C(CC)c2nc1c(-c1ccccc1)c1nc(c(-c3ccccc3)c3[nH]c(c(CC)c3CC)c(-c3ccccc3)c3[nH]c(c(CC)c3CC)c2-c2ccccc2)C(CC)=C1CC. The van der Waals surface area contributed by atoms with E-state index in [0.717, 1.165) is 96.3 Å². The van der Waals surface area contributed by atoms with E-state index in [4.69, 9.17) is 9.97 Å². The first-order valence-corrected chi connectivity index (χ1v) is 24.0. The average molecular weight is 839 g/mol. The second-order valence-electron chi connectivity index (χ2n) is 17.0. The maximum atomic E-state index is 5.99. The number of benzene rings is 4. The number of aromatic amines is 2. The Hall–Kier alpha value is -6.52. The van der Waals surface area contributed by atoms with E-state index >= 15 is 0 Å². The Bertz CT molecular complexity index is 2920. The molecule has 0 atom stereocenters. The number of rotatable bonds is 12. The van der Waals surface area contributed by atoms with Crippen LogP contribution in [0.5, 0.6) is 0 Å². The Morgan fingerprint density at radius 3 is 0.781 bits per heavy atom. The lowest BCUT2D eigenvalue weighted by Gasteiger charge is -2.13. The Morgan fingerprint density at radius 2 is 0.516 bits per heavy atom. The lowest BCUT2D eigenvalue weighted by molar-refractivity contribution is 1.07. The van der Waals surface area contributed by atoms with Crippen LogP contribution in [-0.4, -0.2) is 19.9 Å². The van der Waals surface area contributed by atoms with E-state index in [-0.39, 0.29) is 0 Å². The molecule has 2 N–H and O–H groups in total. The van der Waals surface area contributed by atoms with E-state index in [9.17, 15) is 0 Å². The van der Waals surface area contributed by atoms with Crippen molar-refractivity contribution < 1.29 is 0 Å². The van der Waals surface area contributed by atoms with Gasteiger partial charge in [0.2, 0.25) is 0 Å². The number of hydrogen-bond donors (Lipinski definition) is 2. The summed E-state index contributed by atoms with van der Waals surface area (Å²) in [4.78, 5) is 20.5. The van der Waals surface area contributed by atoms with Gasteiger partial charge in [-0.25, -0.2) is 9.97 Å². The van der Waals surface area contributed by atoms with Crippen molar-refractivity contribution in [2.75, 3.05) is 0 Å². The number of hydrogen-bond acceptors (Lipinski definition) is 2. The monoisotopic (exact) mass is 838 g/mol. The van der Waals surface area contributed by atoms with Crippen molar-refractivity contribution in [3.05, 3.63) is 166 Å². The van der Waals surface area contributed by atoms with E-state index in [1.54, 1.807) is 0 Å². The van der Waals surface area contributed by atoms with E-state index in [1.807, 2.05) is 0 Å². The maximum absolute atomic E-state index is 5.99. The fraction of sp³-hybridized carbons (Fsp3) is 0.267. The molecular weight excluding hydrogens is 777 g/mol. The molecule has 0 unspecified atom stereocenters. The molecule has 0 saturated heterocycles. The van der Waals surface area contributed by atoms with Crippen LogP contribution in [0.4, 0.5) is 0 Å². The van der Waals surface area contributed by atoms with Gasteiger partial charge in [0, 0.05) is 22.3 Å². The molecule has 4 nitrogen and oxygen atoms in total. The second kappa shape index (κ2) is 18.3. The van der Waals surface area contributed by atoms with Crippen LogP contribution in [-0.2, 0) is 25.7 Å². The standard InChI is InChI=1S/C60H62N4/c1-9-41-42(10-2)54-50(38-31-23-18-24-32-38)56-45(13-5)46(14-6)58(63-56)52(40-35-27-20-28-36-40)60-48(16-8)47(15-7)59(64-60)51(39-33-25-19-26-34-39)57-44(12-4)43(11-3)55(62-57)49(53(41)61-54)37-29-21-17-22-30-37/h17-36,61-62H,9-16H2,1-8H3. The minimum atomic E-state index is 0.855. The molecule has 0 fully saturated rings. The fourth-order valence-corrected chi connectivity index (χ4v) is 11.0. The molecule has 0 aliphatic carbocycles. The van der Waals surface area contributed by atoms with Crippen molar-refractivity contribution in [3.8, 4) is 44.5 Å². The topological polar surface area (TPSA) is 57.4 Å². The van der Waals surface area contributed by atoms with Crippen LogP contribution >= 0.6 is 0 Å². The molecule has 0 amide bonds. The van der Waals surface area contributed by atoms with E-state index < -0.39 is 0 Å². The molecule has 2 aliphatic heterocycles. The maximum Gasteiger partial charge on any atom is 0.0772 e. The molecule has 5 heterocycles. The van der Waals surface area contributed by atoms with Crippen LogP contribution in [0.15, 0.2) is 121 Å². The van der Waals surface area contributed by atoms with Gasteiger partial charge in [-0.05, 0) is 118 Å². The molecule has 322 valence electrons. The van der Waals surface area contributed by atoms with Crippen molar-refractivity contribution in [2.24, 2.45) is 0 Å². The van der Waals surface area contributed by atoms with E-state index in [0.29, 0.717) is 0 Å². The Labute approximate surface area is 380 Å². The summed E-state index contributed by atoms with van der Waals surface area (Å²) in [5, 5.41) is 0. The molecule has 3 aromatic heterocycles. The minimum absolute atomic E-state index is 0.855. The summed E-state index contributed by atoms with van der Waals surface area (Å²) in [5.74, 6) is 0. The van der Waals surface area contributed by atoms with Gasteiger partial charge in [-0.2, -0.15) is 0 Å². The van der Waals surface area contributed by atoms with Crippen molar-refractivity contribution >= 4 is 44.4 Å². The number of nitrogens with zero attached hydrogens (tertiary/aromatic N) is 2. The summed E-state index contributed by atoms with van der Waals surface area (Å²) in [6.45, 7) is 18.5. The average Bonchev–Trinajstić information content (AvgIpc) is 4.10. The van der Waals surface area contributed by atoms with E-state index in [1.165, 1.54) is 89.0 Å². The zero-order chi connectivity index (χ0) is 44.5.